The third-order valence-electron chi connectivity index (χ3n) is 2.51. The average molecular weight is 249 g/mol. The molecule has 1 heterocycles. The maximum Gasteiger partial charge on any atom is 0.418 e. The molecule has 0 saturated heterocycles. The molecule has 0 atom stereocenters. The van der Waals surface area contributed by atoms with Gasteiger partial charge in [-0.05, 0) is 58.6 Å². The molecule has 18 heavy (non-hydrogen) atoms. The molecule has 1 aromatic heterocycles. The minimum absolute atomic E-state index is 0.300. The Balaban J connectivity index is 2.59. The number of nitrogens with zero attached hydrogens (tertiary/aromatic N) is 1. The largest absolute Gasteiger partial charge is 0.443 e. The quantitative estimate of drug-likeness (QED) is 0.579. The predicted octanol–water partition coefficient (Wildman–Crippen LogP) is 4.17. The number of unbranched alkanes of at least 4 members (excludes halogenated alkanes) is 2. The van der Waals surface area contributed by atoms with E-state index in [-0.39, 0.29) is 6.09 Å². The van der Waals surface area contributed by atoms with E-state index in [2.05, 4.69) is 6.58 Å². The summed E-state index contributed by atoms with van der Waals surface area (Å²) in [6, 6.07) is 3.85. The second kappa shape index (κ2) is 6.43. The van der Waals surface area contributed by atoms with Gasteiger partial charge in [0, 0.05) is 11.9 Å². The highest BCUT2D eigenvalue weighted by Crippen LogP contribution is 2.13. The smallest absolute Gasteiger partial charge is 0.418 e. The molecule has 1 aromatic rings. The van der Waals surface area contributed by atoms with Crippen LogP contribution in [0.1, 0.15) is 45.7 Å². The van der Waals surface area contributed by atoms with Gasteiger partial charge in [-0.2, -0.15) is 0 Å². The third kappa shape index (κ3) is 4.78. The number of carbonyl (C=O) groups excluding carboxylic acids is 1. The van der Waals surface area contributed by atoms with Crippen LogP contribution in [-0.4, -0.2) is 16.3 Å². The molecule has 3 nitrogen and oxygen atoms in total. The molecule has 0 unspecified atom stereocenters. The van der Waals surface area contributed by atoms with Crippen LogP contribution >= 0.6 is 0 Å². The summed E-state index contributed by atoms with van der Waals surface area (Å²) >= 11 is 0. The van der Waals surface area contributed by atoms with E-state index >= 15 is 0 Å². The number of hydrogen-bond donors (Lipinski definition) is 0. The van der Waals surface area contributed by atoms with Gasteiger partial charge in [-0.15, -0.1) is 6.58 Å². The summed E-state index contributed by atoms with van der Waals surface area (Å²) in [5.74, 6) is 0. The zero-order valence-electron chi connectivity index (χ0n) is 11.6. The lowest BCUT2D eigenvalue weighted by Gasteiger charge is -2.20. The molecule has 100 valence electrons. The van der Waals surface area contributed by atoms with Crippen molar-refractivity contribution in [1.29, 1.82) is 0 Å². The van der Waals surface area contributed by atoms with Gasteiger partial charge in [0.1, 0.15) is 5.60 Å². The van der Waals surface area contributed by atoms with E-state index in [4.69, 9.17) is 4.74 Å². The molecule has 0 N–H and O–H groups in total. The average Bonchev–Trinajstić information content (AvgIpc) is 2.70. The van der Waals surface area contributed by atoms with Crippen LogP contribution in [0.3, 0.4) is 0 Å². The van der Waals surface area contributed by atoms with Gasteiger partial charge < -0.3 is 4.74 Å². The molecule has 0 aromatic carbocycles. The maximum absolute atomic E-state index is 12.0. The first kappa shape index (κ1) is 14.6. The van der Waals surface area contributed by atoms with Crippen LogP contribution in [0.5, 0.6) is 0 Å². The van der Waals surface area contributed by atoms with Crippen molar-refractivity contribution in [3.05, 3.63) is 36.7 Å². The van der Waals surface area contributed by atoms with Gasteiger partial charge in [0.15, 0.2) is 0 Å². The highest BCUT2D eigenvalue weighted by atomic mass is 16.6. The van der Waals surface area contributed by atoms with Gasteiger partial charge in [-0.3, -0.25) is 4.57 Å². The summed E-state index contributed by atoms with van der Waals surface area (Å²) in [7, 11) is 0. The normalized spacial score (nSPS) is 11.3. The van der Waals surface area contributed by atoms with Gasteiger partial charge in [-0.25, -0.2) is 4.79 Å². The van der Waals surface area contributed by atoms with Crippen molar-refractivity contribution in [1.82, 2.24) is 4.57 Å². The maximum atomic E-state index is 12.0. The fraction of sp³-hybridized carbons (Fsp3) is 0.533. The van der Waals surface area contributed by atoms with Crippen LogP contribution < -0.4 is 0 Å². The second-order valence-electron chi connectivity index (χ2n) is 5.38. The Morgan fingerprint density at radius 1 is 1.44 bits per heavy atom. The first-order chi connectivity index (χ1) is 8.44. The third-order valence-corrected chi connectivity index (χ3v) is 2.51. The molecule has 0 bridgehead atoms. The zero-order valence-corrected chi connectivity index (χ0v) is 11.6. The molecule has 0 amide bonds. The molecule has 0 aliphatic carbocycles. The van der Waals surface area contributed by atoms with E-state index in [1.807, 2.05) is 39.0 Å². The van der Waals surface area contributed by atoms with E-state index in [0.29, 0.717) is 0 Å². The molecular weight excluding hydrogens is 226 g/mol. The van der Waals surface area contributed by atoms with E-state index < -0.39 is 5.60 Å². The van der Waals surface area contributed by atoms with Crippen LogP contribution in [0.15, 0.2) is 31.0 Å². The lowest BCUT2D eigenvalue weighted by atomic mass is 10.1. The lowest BCUT2D eigenvalue weighted by molar-refractivity contribution is 0.0533. The van der Waals surface area contributed by atoms with Gasteiger partial charge in [0.2, 0.25) is 0 Å². The fourth-order valence-electron chi connectivity index (χ4n) is 1.70. The van der Waals surface area contributed by atoms with Crippen molar-refractivity contribution in [3.63, 3.8) is 0 Å². The Labute approximate surface area is 109 Å². The van der Waals surface area contributed by atoms with Gasteiger partial charge in [0.25, 0.3) is 0 Å². The van der Waals surface area contributed by atoms with Crippen LogP contribution in [-0.2, 0) is 11.2 Å². The van der Waals surface area contributed by atoms with Crippen LogP contribution in [0.2, 0.25) is 0 Å². The van der Waals surface area contributed by atoms with E-state index in [1.165, 1.54) is 0 Å². The molecule has 3 heteroatoms. The van der Waals surface area contributed by atoms with Crippen molar-refractivity contribution in [3.8, 4) is 0 Å². The van der Waals surface area contributed by atoms with Crippen LogP contribution in [0.4, 0.5) is 4.79 Å². The zero-order chi connectivity index (χ0) is 13.6. The Bertz CT molecular complexity index is 399. The highest BCUT2D eigenvalue weighted by Gasteiger charge is 2.18. The molecule has 0 fully saturated rings. The molecule has 0 aliphatic rings. The summed E-state index contributed by atoms with van der Waals surface area (Å²) in [6.45, 7) is 9.32. The van der Waals surface area contributed by atoms with Crippen molar-refractivity contribution in [2.75, 3.05) is 0 Å². The molecule has 0 saturated carbocycles. The first-order valence-corrected chi connectivity index (χ1v) is 6.44. The molecule has 1 rings (SSSR count). The number of allylic oxidation sites excluding steroid dienone is 1. The summed E-state index contributed by atoms with van der Waals surface area (Å²) in [5, 5.41) is 0. The topological polar surface area (TPSA) is 31.2 Å². The number of carbonyl (C=O) groups is 1. The lowest BCUT2D eigenvalue weighted by Crippen LogP contribution is -2.27. The molecule has 0 spiro atoms. The molecule has 0 radical (unpaired) electrons. The number of aromatic nitrogens is 1. The minimum Gasteiger partial charge on any atom is -0.443 e. The number of aryl methyl sites for hydroxylation is 1. The van der Waals surface area contributed by atoms with E-state index in [9.17, 15) is 4.79 Å². The minimum atomic E-state index is -0.457. The van der Waals surface area contributed by atoms with Crippen LogP contribution in [0, 0.1) is 0 Å². The SMILES string of the molecule is C=CCCCCc1cccn1C(=O)OC(C)(C)C. The molecular formula is C15H23NO2. The van der Waals surface area contributed by atoms with Gasteiger partial charge in [-0.1, -0.05) is 6.08 Å². The summed E-state index contributed by atoms with van der Waals surface area (Å²) in [5.41, 5.74) is 0.551. The van der Waals surface area contributed by atoms with Crippen molar-refractivity contribution < 1.29 is 9.53 Å². The van der Waals surface area contributed by atoms with Gasteiger partial charge >= 0.3 is 6.09 Å². The monoisotopic (exact) mass is 249 g/mol. The number of hydrogen-bond acceptors (Lipinski definition) is 2. The Hall–Kier alpha value is -1.51. The number of ether oxygens (including phenoxy) is 1. The van der Waals surface area contributed by atoms with Crippen LogP contribution in [0.25, 0.3) is 0 Å². The Morgan fingerprint density at radius 2 is 2.17 bits per heavy atom. The second-order valence-corrected chi connectivity index (χ2v) is 5.38. The molecule has 0 aliphatic heterocycles. The standard InChI is InChI=1S/C15H23NO2/c1-5-6-7-8-10-13-11-9-12-16(13)14(17)18-15(2,3)4/h5,9,11-12H,1,6-8,10H2,2-4H3. The van der Waals surface area contributed by atoms with E-state index in [0.717, 1.165) is 31.4 Å². The summed E-state index contributed by atoms with van der Waals surface area (Å²) in [4.78, 5) is 12.0. The highest BCUT2D eigenvalue weighted by molar-refractivity contribution is 5.72. The summed E-state index contributed by atoms with van der Waals surface area (Å²) in [6.07, 6.45) is 7.45. The Morgan fingerprint density at radius 3 is 2.78 bits per heavy atom. The number of rotatable bonds is 5. The predicted molar refractivity (Wildman–Crippen MR) is 73.8 cm³/mol. The van der Waals surface area contributed by atoms with Crippen molar-refractivity contribution in [2.45, 2.75) is 52.1 Å². The van der Waals surface area contributed by atoms with Gasteiger partial charge in [0.05, 0.1) is 0 Å². The van der Waals surface area contributed by atoms with E-state index in [1.54, 1.807) is 10.8 Å². The summed E-state index contributed by atoms with van der Waals surface area (Å²) < 4.78 is 6.95. The fourth-order valence-corrected chi connectivity index (χ4v) is 1.70. The van der Waals surface area contributed by atoms with Crippen molar-refractivity contribution in [2.24, 2.45) is 0 Å². The van der Waals surface area contributed by atoms with Crippen molar-refractivity contribution >= 4 is 6.09 Å². The first-order valence-electron chi connectivity index (χ1n) is 6.44. The Kier molecular flexibility index (Phi) is 5.20.